The van der Waals surface area contributed by atoms with E-state index in [4.69, 9.17) is 5.11 Å². The van der Waals surface area contributed by atoms with Gasteiger partial charge in [-0.05, 0) is 50.4 Å². The molecule has 4 bridgehead atoms. The van der Waals surface area contributed by atoms with Gasteiger partial charge in [0.15, 0.2) is 0 Å². The van der Waals surface area contributed by atoms with E-state index in [1.807, 2.05) is 0 Å². The molecule has 0 spiro atoms. The van der Waals surface area contributed by atoms with Crippen molar-refractivity contribution in [2.75, 3.05) is 13.2 Å². The third-order valence-corrected chi connectivity index (χ3v) is 4.91. The lowest BCUT2D eigenvalue weighted by atomic mass is 9.47. The highest BCUT2D eigenvalue weighted by Gasteiger charge is 2.59. The summed E-state index contributed by atoms with van der Waals surface area (Å²) in [6, 6.07) is 0. The number of aliphatic hydroxyl groups is 2. The summed E-state index contributed by atoms with van der Waals surface area (Å²) in [6.07, 6.45) is 5.46. The first kappa shape index (κ1) is 11.5. The molecule has 17 heavy (non-hydrogen) atoms. The van der Waals surface area contributed by atoms with Gasteiger partial charge in [0.2, 0.25) is 5.91 Å². The number of aliphatic hydroxyl groups excluding tert-OH is 1. The summed E-state index contributed by atoms with van der Waals surface area (Å²) < 4.78 is 0. The van der Waals surface area contributed by atoms with E-state index >= 15 is 0 Å². The van der Waals surface area contributed by atoms with Crippen LogP contribution in [0.15, 0.2) is 0 Å². The van der Waals surface area contributed by atoms with Crippen molar-refractivity contribution in [3.63, 3.8) is 0 Å². The number of hydrogen-bond acceptors (Lipinski definition) is 3. The molecule has 4 nitrogen and oxygen atoms in total. The Hall–Kier alpha value is -0.610. The number of carbonyl (C=O) groups excluding carboxylic acids is 1. The second-order valence-corrected chi connectivity index (χ2v) is 6.45. The minimum absolute atomic E-state index is 0.0149. The number of hydrogen-bond donors (Lipinski definition) is 3. The summed E-state index contributed by atoms with van der Waals surface area (Å²) in [4.78, 5) is 12.3. The van der Waals surface area contributed by atoms with E-state index in [0.717, 1.165) is 25.7 Å². The van der Waals surface area contributed by atoms with Gasteiger partial charge >= 0.3 is 0 Å². The fourth-order valence-electron chi connectivity index (χ4n) is 4.84. The van der Waals surface area contributed by atoms with Gasteiger partial charge in [0.1, 0.15) is 0 Å². The van der Waals surface area contributed by atoms with Gasteiger partial charge in [-0.1, -0.05) is 0 Å². The fourth-order valence-corrected chi connectivity index (χ4v) is 4.84. The summed E-state index contributed by atoms with van der Waals surface area (Å²) in [7, 11) is 0. The molecule has 4 fully saturated rings. The van der Waals surface area contributed by atoms with Gasteiger partial charge in [0.05, 0.1) is 17.6 Å². The maximum absolute atomic E-state index is 12.3. The molecule has 0 aromatic heterocycles. The Balaban J connectivity index is 1.81. The Morgan fingerprint density at radius 1 is 1.24 bits per heavy atom. The SMILES string of the molecule is O=C(NCCO)C12CC3CC(CC(O)(C3)C1)C2. The monoisotopic (exact) mass is 239 g/mol. The molecular weight excluding hydrogens is 218 g/mol. The van der Waals surface area contributed by atoms with Crippen molar-refractivity contribution >= 4 is 5.91 Å². The normalized spacial score (nSPS) is 47.2. The summed E-state index contributed by atoms with van der Waals surface area (Å²) in [6.45, 7) is 0.313. The van der Waals surface area contributed by atoms with Crippen LogP contribution in [0, 0.1) is 17.3 Å². The molecule has 3 N–H and O–H groups in total. The van der Waals surface area contributed by atoms with E-state index in [0.29, 0.717) is 24.8 Å². The zero-order chi connectivity index (χ0) is 12.1. The first-order valence-corrected chi connectivity index (χ1v) is 6.67. The van der Waals surface area contributed by atoms with Crippen LogP contribution in [0.25, 0.3) is 0 Å². The molecule has 4 aliphatic carbocycles. The minimum Gasteiger partial charge on any atom is -0.395 e. The molecule has 0 radical (unpaired) electrons. The Bertz CT molecular complexity index is 328. The van der Waals surface area contributed by atoms with Gasteiger partial charge in [-0.3, -0.25) is 4.79 Å². The van der Waals surface area contributed by atoms with Crippen LogP contribution in [0.2, 0.25) is 0 Å². The zero-order valence-corrected chi connectivity index (χ0v) is 10.1. The second-order valence-electron chi connectivity index (χ2n) is 6.45. The molecule has 4 aliphatic rings. The minimum atomic E-state index is -0.583. The maximum Gasteiger partial charge on any atom is 0.226 e. The van der Waals surface area contributed by atoms with Crippen molar-refractivity contribution in [2.24, 2.45) is 17.3 Å². The molecule has 96 valence electrons. The van der Waals surface area contributed by atoms with Crippen LogP contribution < -0.4 is 5.32 Å². The number of nitrogens with one attached hydrogen (secondary N) is 1. The lowest BCUT2D eigenvalue weighted by Gasteiger charge is -2.59. The molecule has 4 rings (SSSR count). The first-order chi connectivity index (χ1) is 8.05. The van der Waals surface area contributed by atoms with E-state index in [2.05, 4.69) is 5.32 Å². The van der Waals surface area contributed by atoms with Crippen LogP contribution >= 0.6 is 0 Å². The van der Waals surface area contributed by atoms with Gasteiger partial charge in [-0.15, -0.1) is 0 Å². The number of amides is 1. The smallest absolute Gasteiger partial charge is 0.226 e. The highest BCUT2D eigenvalue weighted by atomic mass is 16.3. The van der Waals surface area contributed by atoms with Crippen LogP contribution in [-0.4, -0.2) is 34.9 Å². The Morgan fingerprint density at radius 2 is 1.88 bits per heavy atom. The van der Waals surface area contributed by atoms with Crippen LogP contribution in [0.1, 0.15) is 38.5 Å². The third kappa shape index (κ3) is 1.78. The van der Waals surface area contributed by atoms with Crippen molar-refractivity contribution in [1.82, 2.24) is 5.32 Å². The lowest BCUT2D eigenvalue weighted by Crippen LogP contribution is -2.60. The van der Waals surface area contributed by atoms with Crippen molar-refractivity contribution in [2.45, 2.75) is 44.1 Å². The molecule has 4 saturated carbocycles. The van der Waals surface area contributed by atoms with E-state index in [-0.39, 0.29) is 17.9 Å². The molecule has 1 amide bonds. The summed E-state index contributed by atoms with van der Waals surface area (Å²) in [5.74, 6) is 1.11. The number of carbonyl (C=O) groups is 1. The quantitative estimate of drug-likeness (QED) is 0.669. The Kier molecular flexibility index (Phi) is 2.49. The molecular formula is C13H21NO3. The molecule has 0 heterocycles. The fraction of sp³-hybridized carbons (Fsp3) is 0.923. The van der Waals surface area contributed by atoms with Crippen LogP contribution in [0.4, 0.5) is 0 Å². The van der Waals surface area contributed by atoms with Crippen LogP contribution in [0.5, 0.6) is 0 Å². The summed E-state index contributed by atoms with van der Waals surface area (Å²) in [5.41, 5.74) is -0.922. The van der Waals surface area contributed by atoms with Gasteiger partial charge < -0.3 is 15.5 Å². The molecule has 4 heteroatoms. The topological polar surface area (TPSA) is 69.6 Å². The highest BCUT2D eigenvalue weighted by Crippen LogP contribution is 2.61. The predicted molar refractivity (Wildman–Crippen MR) is 62.2 cm³/mol. The Labute approximate surface area is 101 Å². The molecule has 0 aromatic rings. The Morgan fingerprint density at radius 3 is 2.41 bits per heavy atom. The van der Waals surface area contributed by atoms with Crippen molar-refractivity contribution < 1.29 is 15.0 Å². The standard InChI is InChI=1S/C13H21NO3/c15-2-1-14-11(16)12-4-9-3-10(5-12)7-13(17,6-9)8-12/h9-10,15,17H,1-8H2,(H,14,16). The van der Waals surface area contributed by atoms with E-state index in [1.54, 1.807) is 0 Å². The molecule has 0 saturated heterocycles. The van der Waals surface area contributed by atoms with E-state index < -0.39 is 5.60 Å². The van der Waals surface area contributed by atoms with Gasteiger partial charge in [0.25, 0.3) is 0 Å². The number of rotatable bonds is 3. The maximum atomic E-state index is 12.3. The molecule has 2 unspecified atom stereocenters. The largest absolute Gasteiger partial charge is 0.395 e. The van der Waals surface area contributed by atoms with Gasteiger partial charge in [-0.2, -0.15) is 0 Å². The van der Waals surface area contributed by atoms with E-state index in [9.17, 15) is 9.90 Å². The van der Waals surface area contributed by atoms with Crippen molar-refractivity contribution in [3.05, 3.63) is 0 Å². The van der Waals surface area contributed by atoms with Crippen LogP contribution in [0.3, 0.4) is 0 Å². The molecule has 0 aliphatic heterocycles. The second kappa shape index (κ2) is 3.69. The lowest BCUT2D eigenvalue weighted by molar-refractivity contribution is -0.178. The summed E-state index contributed by atoms with van der Waals surface area (Å²) >= 11 is 0. The van der Waals surface area contributed by atoms with Crippen molar-refractivity contribution in [3.8, 4) is 0 Å². The summed E-state index contributed by atoms with van der Waals surface area (Å²) in [5, 5.41) is 22.1. The highest BCUT2D eigenvalue weighted by molar-refractivity contribution is 5.83. The van der Waals surface area contributed by atoms with Crippen molar-refractivity contribution in [1.29, 1.82) is 0 Å². The predicted octanol–water partition coefficient (Wildman–Crippen LogP) is 0.426. The molecule has 2 atom stereocenters. The van der Waals surface area contributed by atoms with Crippen LogP contribution in [-0.2, 0) is 4.79 Å². The van der Waals surface area contributed by atoms with Gasteiger partial charge in [-0.25, -0.2) is 0 Å². The third-order valence-electron chi connectivity index (χ3n) is 4.91. The average molecular weight is 239 g/mol. The molecule has 0 aromatic carbocycles. The average Bonchev–Trinajstić information content (AvgIpc) is 2.22. The van der Waals surface area contributed by atoms with E-state index in [1.165, 1.54) is 6.42 Å². The van der Waals surface area contributed by atoms with Gasteiger partial charge in [0, 0.05) is 6.54 Å². The zero-order valence-electron chi connectivity index (χ0n) is 10.1. The first-order valence-electron chi connectivity index (χ1n) is 6.67.